The molecule has 1 aromatic rings. The summed E-state index contributed by atoms with van der Waals surface area (Å²) in [5, 5.41) is 0. The third-order valence-corrected chi connectivity index (χ3v) is 5.53. The molecule has 0 aliphatic carbocycles. The molecule has 18 heavy (non-hydrogen) atoms. The minimum Gasteiger partial charge on any atom is -0.380 e. The van der Waals surface area contributed by atoms with Crippen LogP contribution in [0, 0.1) is 0 Å². The van der Waals surface area contributed by atoms with Crippen LogP contribution in [-0.4, -0.2) is 39.0 Å². The minimum absolute atomic E-state index is 0.00368. The highest BCUT2D eigenvalue weighted by molar-refractivity contribution is 9.10. The number of nitrogens with zero attached hydrogens (tertiary/aromatic N) is 1. The van der Waals surface area contributed by atoms with Crippen molar-refractivity contribution in [1.82, 2.24) is 4.31 Å². The van der Waals surface area contributed by atoms with E-state index < -0.39 is 10.0 Å². The third kappa shape index (κ3) is 2.93. The number of hydrogen-bond donors (Lipinski definition) is 0. The van der Waals surface area contributed by atoms with Crippen LogP contribution < -0.4 is 0 Å². The lowest BCUT2D eigenvalue weighted by Gasteiger charge is -2.31. The largest absolute Gasteiger partial charge is 0.380 e. The Balaban J connectivity index is 2.22. The van der Waals surface area contributed by atoms with E-state index in [1.165, 1.54) is 4.31 Å². The monoisotopic (exact) mass is 333 g/mol. The van der Waals surface area contributed by atoms with Gasteiger partial charge in [0.1, 0.15) is 0 Å². The van der Waals surface area contributed by atoms with Crippen LogP contribution in [0.2, 0.25) is 0 Å². The van der Waals surface area contributed by atoms with E-state index in [4.69, 9.17) is 4.74 Å². The van der Waals surface area contributed by atoms with Gasteiger partial charge in [-0.25, -0.2) is 8.42 Å². The number of ether oxygens (including phenoxy) is 1. The average Bonchev–Trinajstić information content (AvgIpc) is 2.39. The molecule has 1 atom stereocenters. The van der Waals surface area contributed by atoms with Crippen molar-refractivity contribution in [1.29, 1.82) is 0 Å². The highest BCUT2D eigenvalue weighted by Crippen LogP contribution is 2.23. The molecule has 0 aromatic heterocycles. The number of halogens is 1. The second-order valence-corrected chi connectivity index (χ2v) is 7.17. The highest BCUT2D eigenvalue weighted by atomic mass is 79.9. The Morgan fingerprint density at radius 1 is 1.33 bits per heavy atom. The van der Waals surface area contributed by atoms with Crippen molar-refractivity contribution in [2.24, 2.45) is 0 Å². The van der Waals surface area contributed by atoms with Gasteiger partial charge in [-0.1, -0.05) is 15.9 Å². The summed E-state index contributed by atoms with van der Waals surface area (Å²) in [5.41, 5.74) is 0. The maximum absolute atomic E-state index is 12.4. The lowest BCUT2D eigenvalue weighted by molar-refractivity contribution is 0.0572. The van der Waals surface area contributed by atoms with Crippen molar-refractivity contribution in [2.75, 3.05) is 20.2 Å². The Hall–Kier alpha value is -0.430. The zero-order valence-corrected chi connectivity index (χ0v) is 12.6. The molecular weight excluding hydrogens is 318 g/mol. The molecule has 0 spiro atoms. The van der Waals surface area contributed by atoms with Crippen LogP contribution in [-0.2, 0) is 14.8 Å². The van der Waals surface area contributed by atoms with Crippen LogP contribution in [0.4, 0.5) is 0 Å². The van der Waals surface area contributed by atoms with E-state index in [2.05, 4.69) is 15.9 Å². The van der Waals surface area contributed by atoms with Gasteiger partial charge in [0.05, 0.1) is 11.0 Å². The number of benzene rings is 1. The number of piperidine rings is 1. The summed E-state index contributed by atoms with van der Waals surface area (Å²) < 4.78 is 32.5. The minimum atomic E-state index is -3.39. The van der Waals surface area contributed by atoms with Crippen LogP contribution in [0.25, 0.3) is 0 Å². The van der Waals surface area contributed by atoms with Crippen molar-refractivity contribution < 1.29 is 13.2 Å². The topological polar surface area (TPSA) is 46.6 Å². The molecule has 0 saturated carbocycles. The molecule has 4 nitrogen and oxygen atoms in total. The van der Waals surface area contributed by atoms with Gasteiger partial charge in [0, 0.05) is 24.7 Å². The predicted octanol–water partition coefficient (Wildman–Crippen LogP) is 2.25. The molecular formula is C12H16BrNO3S. The maximum Gasteiger partial charge on any atom is 0.243 e. The Labute approximate surface area is 116 Å². The van der Waals surface area contributed by atoms with Crippen molar-refractivity contribution in [2.45, 2.75) is 23.8 Å². The summed E-state index contributed by atoms with van der Waals surface area (Å²) in [6.45, 7) is 1.01. The molecule has 100 valence electrons. The van der Waals surface area contributed by atoms with Crippen LogP contribution in [0.15, 0.2) is 33.6 Å². The molecule has 1 aliphatic heterocycles. The summed E-state index contributed by atoms with van der Waals surface area (Å²) in [5.74, 6) is 0. The summed E-state index contributed by atoms with van der Waals surface area (Å²) >= 11 is 3.30. The third-order valence-electron chi connectivity index (χ3n) is 3.13. The molecule has 1 aromatic carbocycles. The fourth-order valence-corrected chi connectivity index (χ4v) is 3.85. The standard InChI is InChI=1S/C12H16BrNO3S/c1-17-11-3-2-8-14(9-11)18(15,16)12-6-4-10(13)5-7-12/h4-7,11H,2-3,8-9H2,1H3/t11-/m1/s1. The predicted molar refractivity (Wildman–Crippen MR) is 72.9 cm³/mol. The van der Waals surface area contributed by atoms with Gasteiger partial charge >= 0.3 is 0 Å². The van der Waals surface area contributed by atoms with E-state index >= 15 is 0 Å². The smallest absolute Gasteiger partial charge is 0.243 e. The first-order valence-electron chi connectivity index (χ1n) is 5.82. The van der Waals surface area contributed by atoms with Crippen molar-refractivity contribution in [3.63, 3.8) is 0 Å². The van der Waals surface area contributed by atoms with E-state index in [1.807, 2.05) is 0 Å². The molecule has 0 bridgehead atoms. The van der Waals surface area contributed by atoms with Crippen molar-refractivity contribution >= 4 is 26.0 Å². The number of sulfonamides is 1. The summed E-state index contributed by atoms with van der Waals surface area (Å²) in [6.07, 6.45) is 1.76. The van der Waals surface area contributed by atoms with Crippen LogP contribution in [0.3, 0.4) is 0 Å². The molecule has 1 heterocycles. The van der Waals surface area contributed by atoms with Crippen LogP contribution in [0.1, 0.15) is 12.8 Å². The SMILES string of the molecule is CO[C@@H]1CCCN(S(=O)(=O)c2ccc(Br)cc2)C1. The van der Waals surface area contributed by atoms with Crippen LogP contribution in [0.5, 0.6) is 0 Å². The zero-order valence-electron chi connectivity index (χ0n) is 10.2. The van der Waals surface area contributed by atoms with Gasteiger partial charge < -0.3 is 4.74 Å². The fraction of sp³-hybridized carbons (Fsp3) is 0.500. The van der Waals surface area contributed by atoms with E-state index in [0.717, 1.165) is 17.3 Å². The summed E-state index contributed by atoms with van der Waals surface area (Å²) in [7, 11) is -1.76. The molecule has 1 saturated heterocycles. The second kappa shape index (κ2) is 5.69. The number of methoxy groups -OCH3 is 1. The van der Waals surface area contributed by atoms with E-state index in [0.29, 0.717) is 18.0 Å². The normalized spacial score (nSPS) is 22.0. The molecule has 2 rings (SSSR count). The van der Waals surface area contributed by atoms with E-state index in [-0.39, 0.29) is 6.10 Å². The average molecular weight is 334 g/mol. The van der Waals surface area contributed by atoms with Gasteiger partial charge in [0.15, 0.2) is 0 Å². The van der Waals surface area contributed by atoms with Gasteiger partial charge in [-0.05, 0) is 37.1 Å². The summed E-state index contributed by atoms with van der Waals surface area (Å²) in [6, 6.07) is 6.72. The summed E-state index contributed by atoms with van der Waals surface area (Å²) in [4.78, 5) is 0.336. The quantitative estimate of drug-likeness (QED) is 0.852. The second-order valence-electron chi connectivity index (χ2n) is 4.32. The van der Waals surface area contributed by atoms with Crippen molar-refractivity contribution in [3.8, 4) is 0 Å². The molecule has 0 unspecified atom stereocenters. The molecule has 1 fully saturated rings. The first kappa shape index (κ1) is 14.0. The molecule has 0 amide bonds. The van der Waals surface area contributed by atoms with Crippen molar-refractivity contribution in [3.05, 3.63) is 28.7 Å². The first-order chi connectivity index (χ1) is 8.54. The fourth-order valence-electron chi connectivity index (χ4n) is 2.07. The highest BCUT2D eigenvalue weighted by Gasteiger charge is 2.30. The Kier molecular flexibility index (Phi) is 4.42. The maximum atomic E-state index is 12.4. The van der Waals surface area contributed by atoms with Gasteiger partial charge in [0.2, 0.25) is 10.0 Å². The van der Waals surface area contributed by atoms with E-state index in [1.54, 1.807) is 31.4 Å². The lowest BCUT2D eigenvalue weighted by Crippen LogP contribution is -2.42. The Morgan fingerprint density at radius 2 is 2.00 bits per heavy atom. The Bertz CT molecular complexity index is 501. The lowest BCUT2D eigenvalue weighted by atomic mass is 10.1. The van der Waals surface area contributed by atoms with Gasteiger partial charge in [-0.2, -0.15) is 4.31 Å². The molecule has 0 radical (unpaired) electrons. The first-order valence-corrected chi connectivity index (χ1v) is 8.06. The molecule has 1 aliphatic rings. The van der Waals surface area contributed by atoms with Crippen LogP contribution >= 0.6 is 15.9 Å². The number of rotatable bonds is 3. The van der Waals surface area contributed by atoms with E-state index in [9.17, 15) is 8.42 Å². The van der Waals surface area contributed by atoms with Gasteiger partial charge in [-0.15, -0.1) is 0 Å². The van der Waals surface area contributed by atoms with Gasteiger partial charge in [0.25, 0.3) is 0 Å². The molecule has 0 N–H and O–H groups in total. The van der Waals surface area contributed by atoms with Gasteiger partial charge in [-0.3, -0.25) is 0 Å². The number of hydrogen-bond acceptors (Lipinski definition) is 3. The molecule has 6 heteroatoms. The Morgan fingerprint density at radius 3 is 2.61 bits per heavy atom. The zero-order chi connectivity index (χ0) is 13.2.